The van der Waals surface area contributed by atoms with Crippen LogP contribution in [-0.4, -0.2) is 61.5 Å². The van der Waals surface area contributed by atoms with Crippen molar-refractivity contribution in [3.63, 3.8) is 0 Å². The molecule has 92 valence electrons. The molecule has 1 heterocycles. The van der Waals surface area contributed by atoms with E-state index in [0.717, 1.165) is 25.2 Å². The van der Waals surface area contributed by atoms with Crippen molar-refractivity contribution in [3.05, 3.63) is 12.2 Å². The van der Waals surface area contributed by atoms with Gasteiger partial charge >= 0.3 is 0 Å². The normalized spacial score (nSPS) is 16.0. The zero-order valence-electron chi connectivity index (χ0n) is 10.6. The Hall–Kier alpha value is -0.870. The van der Waals surface area contributed by atoms with E-state index in [4.69, 9.17) is 0 Å². The summed E-state index contributed by atoms with van der Waals surface area (Å²) in [6.45, 7) is 11.7. The molecule has 0 bridgehead atoms. The third kappa shape index (κ3) is 3.61. The molecule has 1 fully saturated rings. The van der Waals surface area contributed by atoms with Gasteiger partial charge in [-0.1, -0.05) is 12.2 Å². The van der Waals surface area contributed by atoms with Crippen LogP contribution < -0.4 is 5.32 Å². The number of carbonyl (C=O) groups is 1. The summed E-state index contributed by atoms with van der Waals surface area (Å²) in [6.07, 6.45) is 0. The Bertz CT molecular complexity index is 261. The van der Waals surface area contributed by atoms with Gasteiger partial charge < -0.3 is 10.2 Å². The molecule has 1 amide bonds. The third-order valence-corrected chi connectivity index (χ3v) is 2.96. The Labute approximate surface area is 98.3 Å². The largest absolute Gasteiger partial charge is 0.338 e. The van der Waals surface area contributed by atoms with Crippen LogP contribution in [0, 0.1) is 0 Å². The monoisotopic (exact) mass is 225 g/mol. The topological polar surface area (TPSA) is 35.6 Å². The molecule has 1 rings (SSSR count). The second kappa shape index (κ2) is 6.01. The Morgan fingerprint density at radius 1 is 1.44 bits per heavy atom. The molecular formula is C12H23N3O. The Balaban J connectivity index is 2.38. The second-order valence-electron chi connectivity index (χ2n) is 4.59. The number of carbonyl (C=O) groups excluding carboxylic acids is 1. The van der Waals surface area contributed by atoms with Crippen LogP contribution in [-0.2, 0) is 4.79 Å². The molecule has 1 aliphatic heterocycles. The fourth-order valence-corrected chi connectivity index (χ4v) is 1.73. The summed E-state index contributed by atoms with van der Waals surface area (Å²) < 4.78 is 0. The molecule has 0 atom stereocenters. The first-order valence-electron chi connectivity index (χ1n) is 5.87. The Morgan fingerprint density at radius 3 is 2.44 bits per heavy atom. The highest BCUT2D eigenvalue weighted by atomic mass is 16.2. The number of nitrogens with one attached hydrogen (secondary N) is 1. The van der Waals surface area contributed by atoms with Gasteiger partial charge in [-0.05, 0) is 20.9 Å². The van der Waals surface area contributed by atoms with E-state index in [1.165, 1.54) is 0 Å². The van der Waals surface area contributed by atoms with Gasteiger partial charge in [0, 0.05) is 32.2 Å². The van der Waals surface area contributed by atoms with Crippen molar-refractivity contribution in [2.24, 2.45) is 0 Å². The quantitative estimate of drug-likeness (QED) is 0.661. The van der Waals surface area contributed by atoms with Gasteiger partial charge in [0.2, 0.25) is 5.91 Å². The highest BCUT2D eigenvalue weighted by Crippen LogP contribution is 2.04. The fourth-order valence-electron chi connectivity index (χ4n) is 1.73. The highest BCUT2D eigenvalue weighted by molar-refractivity contribution is 5.78. The minimum Gasteiger partial charge on any atom is -0.338 e. The van der Waals surface area contributed by atoms with Crippen molar-refractivity contribution in [3.8, 4) is 0 Å². The summed E-state index contributed by atoms with van der Waals surface area (Å²) in [6, 6.07) is 0.521. The van der Waals surface area contributed by atoms with Crippen LogP contribution in [0.5, 0.6) is 0 Å². The van der Waals surface area contributed by atoms with E-state index in [9.17, 15) is 4.79 Å². The average molecular weight is 225 g/mol. The Morgan fingerprint density at radius 2 is 2.06 bits per heavy atom. The van der Waals surface area contributed by atoms with Gasteiger partial charge in [0.05, 0.1) is 6.54 Å². The maximum atomic E-state index is 12.0. The van der Waals surface area contributed by atoms with Gasteiger partial charge in [0.1, 0.15) is 0 Å². The second-order valence-corrected chi connectivity index (χ2v) is 4.59. The molecule has 0 aromatic rings. The molecule has 1 N–H and O–H groups in total. The van der Waals surface area contributed by atoms with Gasteiger partial charge in [0.15, 0.2) is 0 Å². The third-order valence-electron chi connectivity index (χ3n) is 2.96. The number of amides is 1. The number of hydrogen-bond acceptors (Lipinski definition) is 3. The minimum absolute atomic E-state index is 0.194. The molecule has 0 aromatic heterocycles. The predicted molar refractivity (Wildman–Crippen MR) is 66.4 cm³/mol. The zero-order valence-corrected chi connectivity index (χ0v) is 10.6. The predicted octanol–water partition coefficient (Wildman–Crippen LogP) is 0.315. The first-order valence-corrected chi connectivity index (χ1v) is 5.87. The van der Waals surface area contributed by atoms with Crippen molar-refractivity contribution in [1.82, 2.24) is 15.1 Å². The lowest BCUT2D eigenvalue weighted by Gasteiger charge is -2.36. The van der Waals surface area contributed by atoms with Crippen molar-refractivity contribution >= 4 is 5.91 Å². The van der Waals surface area contributed by atoms with Gasteiger partial charge in [-0.25, -0.2) is 0 Å². The van der Waals surface area contributed by atoms with Crippen molar-refractivity contribution < 1.29 is 4.79 Å². The summed E-state index contributed by atoms with van der Waals surface area (Å²) in [5.74, 6) is 0.194. The molecule has 0 unspecified atom stereocenters. The van der Waals surface area contributed by atoms with Crippen molar-refractivity contribution in [2.75, 3.05) is 39.8 Å². The first kappa shape index (κ1) is 13.2. The molecule has 16 heavy (non-hydrogen) atoms. The molecule has 0 aliphatic carbocycles. The van der Waals surface area contributed by atoms with E-state index >= 15 is 0 Å². The lowest BCUT2D eigenvalue weighted by molar-refractivity contribution is -0.132. The number of likely N-dealkylation sites (N-methyl/N-ethyl adjacent to an activating group) is 2. The van der Waals surface area contributed by atoms with Crippen LogP contribution in [0.3, 0.4) is 0 Å². The van der Waals surface area contributed by atoms with Crippen LogP contribution in [0.1, 0.15) is 13.8 Å². The van der Waals surface area contributed by atoms with Gasteiger partial charge in [-0.2, -0.15) is 0 Å². The molecule has 1 aliphatic rings. The summed E-state index contributed by atoms with van der Waals surface area (Å²) in [4.78, 5) is 16.0. The van der Waals surface area contributed by atoms with Crippen LogP contribution in [0.15, 0.2) is 12.2 Å². The smallest absolute Gasteiger partial charge is 0.237 e. The fraction of sp³-hybridized carbons (Fsp3) is 0.750. The molecule has 4 nitrogen and oxygen atoms in total. The maximum Gasteiger partial charge on any atom is 0.237 e. The standard InChI is InChI=1S/C12H23N3O/c1-5-15(8-10(2)3)12(16)9-14(4)11-6-13-7-11/h11,13H,2,5-9H2,1,3-4H3. The minimum atomic E-state index is 0.194. The lowest BCUT2D eigenvalue weighted by Crippen LogP contribution is -2.57. The average Bonchev–Trinajstić information content (AvgIpc) is 2.10. The summed E-state index contributed by atoms with van der Waals surface area (Å²) in [5.41, 5.74) is 1.03. The number of rotatable bonds is 6. The number of nitrogens with zero attached hydrogens (tertiary/aromatic N) is 2. The molecule has 0 radical (unpaired) electrons. The first-order chi connectivity index (χ1) is 7.54. The van der Waals surface area contributed by atoms with E-state index in [-0.39, 0.29) is 5.91 Å². The molecule has 0 aromatic carbocycles. The van der Waals surface area contributed by atoms with Crippen molar-refractivity contribution in [1.29, 1.82) is 0 Å². The molecule has 0 saturated carbocycles. The molecule has 0 spiro atoms. The SMILES string of the molecule is C=C(C)CN(CC)C(=O)CN(C)C1CNC1. The molecular weight excluding hydrogens is 202 g/mol. The summed E-state index contributed by atoms with van der Waals surface area (Å²) in [5, 5.41) is 3.21. The van der Waals surface area contributed by atoms with Gasteiger partial charge in [0.25, 0.3) is 0 Å². The summed E-state index contributed by atoms with van der Waals surface area (Å²) in [7, 11) is 2.01. The van der Waals surface area contributed by atoms with Crippen molar-refractivity contribution in [2.45, 2.75) is 19.9 Å². The van der Waals surface area contributed by atoms with E-state index < -0.39 is 0 Å². The van der Waals surface area contributed by atoms with Gasteiger partial charge in [-0.3, -0.25) is 9.69 Å². The maximum absolute atomic E-state index is 12.0. The van der Waals surface area contributed by atoms with Crippen LogP contribution in [0.4, 0.5) is 0 Å². The van der Waals surface area contributed by atoms with E-state index in [2.05, 4.69) is 16.8 Å². The van der Waals surface area contributed by atoms with E-state index in [0.29, 0.717) is 19.1 Å². The van der Waals surface area contributed by atoms with E-state index in [1.54, 1.807) is 0 Å². The molecule has 4 heteroatoms. The van der Waals surface area contributed by atoms with Crippen LogP contribution in [0.25, 0.3) is 0 Å². The van der Waals surface area contributed by atoms with Crippen LogP contribution in [0.2, 0.25) is 0 Å². The van der Waals surface area contributed by atoms with Gasteiger partial charge in [-0.15, -0.1) is 0 Å². The lowest BCUT2D eigenvalue weighted by atomic mass is 10.1. The zero-order chi connectivity index (χ0) is 12.1. The van der Waals surface area contributed by atoms with E-state index in [1.807, 2.05) is 25.8 Å². The van der Waals surface area contributed by atoms with Crippen LogP contribution >= 0.6 is 0 Å². The highest BCUT2D eigenvalue weighted by Gasteiger charge is 2.24. The molecule has 1 saturated heterocycles. The Kier molecular flexibility index (Phi) is 4.96. The number of hydrogen-bond donors (Lipinski definition) is 1. The summed E-state index contributed by atoms with van der Waals surface area (Å²) >= 11 is 0.